The summed E-state index contributed by atoms with van der Waals surface area (Å²) in [5.74, 6) is -0.726. The van der Waals surface area contributed by atoms with Crippen molar-refractivity contribution in [2.45, 2.75) is 18.9 Å². The summed E-state index contributed by atoms with van der Waals surface area (Å²) in [5, 5.41) is 3.06. The molecule has 21 heavy (non-hydrogen) atoms. The van der Waals surface area contributed by atoms with E-state index in [4.69, 9.17) is 29.6 Å². The van der Waals surface area contributed by atoms with Crippen LogP contribution in [-0.2, 0) is 0 Å². The predicted molar refractivity (Wildman–Crippen MR) is 85.1 cm³/mol. The number of carbonyl (C=O) groups is 1. The van der Waals surface area contributed by atoms with E-state index in [0.717, 1.165) is 32.0 Å². The van der Waals surface area contributed by atoms with Crippen molar-refractivity contribution in [3.05, 3.63) is 34.6 Å². The molecule has 1 aromatic rings. The van der Waals surface area contributed by atoms with Crippen molar-refractivity contribution in [1.29, 1.82) is 0 Å². The van der Waals surface area contributed by atoms with Gasteiger partial charge in [0.25, 0.3) is 5.91 Å². The van der Waals surface area contributed by atoms with Crippen LogP contribution in [0.4, 0.5) is 4.39 Å². The molecular weight excluding hydrogens is 313 g/mol. The normalized spacial score (nSPS) is 16.7. The van der Waals surface area contributed by atoms with E-state index >= 15 is 0 Å². The Hall–Kier alpha value is -1.24. The summed E-state index contributed by atoms with van der Waals surface area (Å²) in [6.07, 6.45) is 1.65. The van der Waals surface area contributed by atoms with Gasteiger partial charge in [0.05, 0.1) is 15.6 Å². The van der Waals surface area contributed by atoms with Crippen molar-refractivity contribution in [3.63, 3.8) is 0 Å². The van der Waals surface area contributed by atoms with Crippen LogP contribution in [0.5, 0.6) is 0 Å². The number of likely N-dealkylation sites (tertiary alicyclic amines) is 1. The standard InChI is InChI=1S/C14H17ClFN3OS/c15-12-7-9(16)1-2-11(12)14(20)18-10-3-5-19(6-4-10)8-13(17)21/h1-2,7,10H,3-6,8H2,(H2,17,21)(H,18,20). The second-order valence-electron chi connectivity index (χ2n) is 5.11. The van der Waals surface area contributed by atoms with Gasteiger partial charge in [-0.1, -0.05) is 23.8 Å². The van der Waals surface area contributed by atoms with E-state index in [9.17, 15) is 9.18 Å². The lowest BCUT2D eigenvalue weighted by Crippen LogP contribution is -2.46. The molecule has 0 spiro atoms. The average Bonchev–Trinajstić information content (AvgIpc) is 2.40. The van der Waals surface area contributed by atoms with Crippen molar-refractivity contribution in [2.75, 3.05) is 19.6 Å². The quantitative estimate of drug-likeness (QED) is 0.829. The molecule has 114 valence electrons. The number of hydrogen-bond donors (Lipinski definition) is 2. The van der Waals surface area contributed by atoms with Crippen LogP contribution in [0.1, 0.15) is 23.2 Å². The molecule has 0 aromatic heterocycles. The summed E-state index contributed by atoms with van der Waals surface area (Å²) < 4.78 is 13.0. The molecule has 7 heteroatoms. The number of nitrogens with two attached hydrogens (primary N) is 1. The van der Waals surface area contributed by atoms with Gasteiger partial charge < -0.3 is 11.1 Å². The maximum absolute atomic E-state index is 13.0. The van der Waals surface area contributed by atoms with Crippen LogP contribution in [-0.4, -0.2) is 41.5 Å². The molecule has 1 fully saturated rings. The van der Waals surface area contributed by atoms with Gasteiger partial charge in [-0.3, -0.25) is 9.69 Å². The summed E-state index contributed by atoms with van der Waals surface area (Å²) >= 11 is 10.8. The first-order valence-electron chi connectivity index (χ1n) is 6.72. The van der Waals surface area contributed by atoms with Crippen LogP contribution in [0.2, 0.25) is 5.02 Å². The number of nitrogens with one attached hydrogen (secondary N) is 1. The molecule has 0 radical (unpaired) electrons. The molecule has 0 atom stereocenters. The van der Waals surface area contributed by atoms with Crippen molar-refractivity contribution < 1.29 is 9.18 Å². The first-order chi connectivity index (χ1) is 9.95. The van der Waals surface area contributed by atoms with Crippen LogP contribution in [0, 0.1) is 5.82 Å². The first-order valence-corrected chi connectivity index (χ1v) is 7.51. The maximum Gasteiger partial charge on any atom is 0.253 e. The zero-order chi connectivity index (χ0) is 15.4. The lowest BCUT2D eigenvalue weighted by Gasteiger charge is -2.32. The second kappa shape index (κ2) is 7.15. The fourth-order valence-electron chi connectivity index (χ4n) is 2.39. The second-order valence-corrected chi connectivity index (χ2v) is 6.05. The number of halogens is 2. The summed E-state index contributed by atoms with van der Waals surface area (Å²) in [6, 6.07) is 3.85. The molecule has 1 aliphatic heterocycles. The monoisotopic (exact) mass is 329 g/mol. The Morgan fingerprint density at radius 2 is 2.14 bits per heavy atom. The molecule has 0 saturated carbocycles. The van der Waals surface area contributed by atoms with Crippen LogP contribution in [0.3, 0.4) is 0 Å². The van der Waals surface area contributed by atoms with E-state index in [1.807, 2.05) is 0 Å². The van der Waals surface area contributed by atoms with E-state index < -0.39 is 5.82 Å². The Bertz CT molecular complexity index is 547. The molecular formula is C14H17ClFN3OS. The van der Waals surface area contributed by atoms with Gasteiger partial charge in [-0.15, -0.1) is 0 Å². The molecule has 1 amide bonds. The van der Waals surface area contributed by atoms with E-state index in [0.29, 0.717) is 17.1 Å². The van der Waals surface area contributed by atoms with E-state index in [2.05, 4.69) is 10.2 Å². The highest BCUT2D eigenvalue weighted by atomic mass is 35.5. The zero-order valence-corrected chi connectivity index (χ0v) is 13.0. The van der Waals surface area contributed by atoms with E-state index in [1.165, 1.54) is 12.1 Å². The summed E-state index contributed by atoms with van der Waals surface area (Å²) in [4.78, 5) is 14.8. The van der Waals surface area contributed by atoms with Crippen LogP contribution in [0.15, 0.2) is 18.2 Å². The fourth-order valence-corrected chi connectivity index (χ4v) is 2.83. The molecule has 1 heterocycles. The average molecular weight is 330 g/mol. The van der Waals surface area contributed by atoms with Crippen molar-refractivity contribution >= 4 is 34.7 Å². The summed E-state index contributed by atoms with van der Waals surface area (Å²) in [6.45, 7) is 2.28. The molecule has 1 aliphatic rings. The highest BCUT2D eigenvalue weighted by molar-refractivity contribution is 7.80. The van der Waals surface area contributed by atoms with E-state index in [-0.39, 0.29) is 17.0 Å². The molecule has 2 rings (SSSR count). The first kappa shape index (κ1) is 16.1. The number of hydrogen-bond acceptors (Lipinski definition) is 3. The third-order valence-electron chi connectivity index (χ3n) is 3.48. The maximum atomic E-state index is 13.0. The zero-order valence-electron chi connectivity index (χ0n) is 11.4. The fraction of sp³-hybridized carbons (Fsp3) is 0.429. The number of benzene rings is 1. The van der Waals surface area contributed by atoms with Crippen LogP contribution < -0.4 is 11.1 Å². The van der Waals surface area contributed by atoms with Gasteiger partial charge in [-0.05, 0) is 31.0 Å². The van der Waals surface area contributed by atoms with Gasteiger partial charge >= 0.3 is 0 Å². The molecule has 0 bridgehead atoms. The van der Waals surface area contributed by atoms with Crippen LogP contribution in [0.25, 0.3) is 0 Å². The lowest BCUT2D eigenvalue weighted by molar-refractivity contribution is 0.0915. The van der Waals surface area contributed by atoms with Gasteiger partial charge in [-0.25, -0.2) is 4.39 Å². The number of piperidine rings is 1. The van der Waals surface area contributed by atoms with Gasteiger partial charge in [0, 0.05) is 25.7 Å². The molecule has 1 saturated heterocycles. The van der Waals surface area contributed by atoms with Gasteiger partial charge in [-0.2, -0.15) is 0 Å². The molecule has 0 unspecified atom stereocenters. The van der Waals surface area contributed by atoms with Crippen molar-refractivity contribution in [3.8, 4) is 0 Å². The van der Waals surface area contributed by atoms with Gasteiger partial charge in [0.2, 0.25) is 0 Å². The number of amides is 1. The van der Waals surface area contributed by atoms with E-state index in [1.54, 1.807) is 0 Å². The highest BCUT2D eigenvalue weighted by Crippen LogP contribution is 2.18. The van der Waals surface area contributed by atoms with Gasteiger partial charge in [0.1, 0.15) is 5.82 Å². The molecule has 3 N–H and O–H groups in total. The molecule has 1 aromatic carbocycles. The molecule has 4 nitrogen and oxygen atoms in total. The lowest BCUT2D eigenvalue weighted by atomic mass is 10.0. The third kappa shape index (κ3) is 4.62. The summed E-state index contributed by atoms with van der Waals surface area (Å²) in [7, 11) is 0. The Balaban J connectivity index is 1.88. The SMILES string of the molecule is NC(=S)CN1CCC(NC(=O)c2ccc(F)cc2Cl)CC1. The molecule has 0 aliphatic carbocycles. The van der Waals surface area contributed by atoms with Crippen molar-refractivity contribution in [1.82, 2.24) is 10.2 Å². The van der Waals surface area contributed by atoms with Crippen LogP contribution >= 0.6 is 23.8 Å². The number of nitrogens with zero attached hydrogens (tertiary/aromatic N) is 1. The number of rotatable bonds is 4. The smallest absolute Gasteiger partial charge is 0.253 e. The summed E-state index contributed by atoms with van der Waals surface area (Å²) in [5.41, 5.74) is 5.81. The van der Waals surface area contributed by atoms with Gasteiger partial charge in [0.15, 0.2) is 0 Å². The Morgan fingerprint density at radius 1 is 1.48 bits per heavy atom. The Morgan fingerprint density at radius 3 is 2.71 bits per heavy atom. The largest absolute Gasteiger partial charge is 0.392 e. The number of carbonyl (C=O) groups excluding carboxylic acids is 1. The number of thiocarbonyl (C=S) groups is 1. The minimum Gasteiger partial charge on any atom is -0.392 e. The predicted octanol–water partition coefficient (Wildman–Crippen LogP) is 1.96. The van der Waals surface area contributed by atoms with Crippen molar-refractivity contribution in [2.24, 2.45) is 5.73 Å². The highest BCUT2D eigenvalue weighted by Gasteiger charge is 2.22. The minimum absolute atomic E-state index is 0.0845. The minimum atomic E-state index is -0.456. The topological polar surface area (TPSA) is 58.4 Å². The Kier molecular flexibility index (Phi) is 5.50. The third-order valence-corrected chi connectivity index (χ3v) is 3.92. The Labute approximate surface area is 133 Å².